The van der Waals surface area contributed by atoms with Crippen LogP contribution in [0.15, 0.2) is 29.2 Å². The molecule has 0 saturated carbocycles. The summed E-state index contributed by atoms with van der Waals surface area (Å²) >= 11 is 0. The molecule has 0 saturated heterocycles. The molecule has 90 valence electrons. The Morgan fingerprint density at radius 2 is 2.12 bits per heavy atom. The molecule has 0 spiro atoms. The number of sulfone groups is 1. The maximum atomic E-state index is 12.0. The molecule has 0 fully saturated rings. The number of ether oxygens (including phenoxy) is 1. The van der Waals surface area contributed by atoms with Crippen LogP contribution in [0.4, 0.5) is 0 Å². The fraction of sp³-hybridized carbons (Fsp3) is 0.455. The predicted molar refractivity (Wildman–Crippen MR) is 63.3 cm³/mol. The van der Waals surface area contributed by atoms with Gasteiger partial charge in [0.1, 0.15) is 5.75 Å². The molecule has 0 aromatic heterocycles. The topological polar surface area (TPSA) is 69.4 Å². The fourth-order valence-electron chi connectivity index (χ4n) is 1.33. The summed E-state index contributed by atoms with van der Waals surface area (Å²) in [5, 5.41) is 0. The van der Waals surface area contributed by atoms with Crippen LogP contribution in [0.5, 0.6) is 5.75 Å². The lowest BCUT2D eigenvalue weighted by molar-refractivity contribution is 0.413. The summed E-state index contributed by atoms with van der Waals surface area (Å²) in [6.45, 7) is 2.18. The minimum absolute atomic E-state index is 0.0452. The van der Waals surface area contributed by atoms with E-state index in [4.69, 9.17) is 10.5 Å². The van der Waals surface area contributed by atoms with Crippen LogP contribution in [0, 0.1) is 5.92 Å². The van der Waals surface area contributed by atoms with E-state index >= 15 is 0 Å². The van der Waals surface area contributed by atoms with Gasteiger partial charge in [-0.1, -0.05) is 13.0 Å². The van der Waals surface area contributed by atoms with Crippen molar-refractivity contribution in [2.24, 2.45) is 11.7 Å². The molecule has 5 heteroatoms. The summed E-state index contributed by atoms with van der Waals surface area (Å²) in [5.74, 6) is 0.564. The van der Waals surface area contributed by atoms with E-state index < -0.39 is 9.84 Å². The van der Waals surface area contributed by atoms with E-state index in [-0.39, 0.29) is 16.6 Å². The van der Waals surface area contributed by atoms with E-state index in [1.165, 1.54) is 13.2 Å². The number of hydrogen-bond donors (Lipinski definition) is 1. The zero-order valence-corrected chi connectivity index (χ0v) is 10.3. The summed E-state index contributed by atoms with van der Waals surface area (Å²) in [6, 6.07) is 6.48. The number of rotatable bonds is 5. The van der Waals surface area contributed by atoms with E-state index in [1.54, 1.807) is 18.2 Å². The number of methoxy groups -OCH3 is 1. The Labute approximate surface area is 96.3 Å². The van der Waals surface area contributed by atoms with Crippen molar-refractivity contribution in [2.45, 2.75) is 11.8 Å². The fourth-order valence-corrected chi connectivity index (χ4v) is 2.99. The third-order valence-corrected chi connectivity index (χ3v) is 4.29. The van der Waals surface area contributed by atoms with Crippen LogP contribution in [-0.4, -0.2) is 27.8 Å². The van der Waals surface area contributed by atoms with Gasteiger partial charge in [-0.05, 0) is 30.7 Å². The van der Waals surface area contributed by atoms with Gasteiger partial charge in [-0.25, -0.2) is 8.42 Å². The van der Waals surface area contributed by atoms with Crippen molar-refractivity contribution in [1.29, 1.82) is 0 Å². The summed E-state index contributed by atoms with van der Waals surface area (Å²) < 4.78 is 28.9. The highest BCUT2D eigenvalue weighted by atomic mass is 32.2. The van der Waals surface area contributed by atoms with Crippen LogP contribution < -0.4 is 10.5 Å². The molecule has 1 unspecified atom stereocenters. The maximum Gasteiger partial charge on any atom is 0.178 e. The van der Waals surface area contributed by atoms with Crippen molar-refractivity contribution in [3.05, 3.63) is 24.3 Å². The average molecular weight is 243 g/mol. The number of benzene rings is 1. The minimum Gasteiger partial charge on any atom is -0.497 e. The quantitative estimate of drug-likeness (QED) is 0.839. The molecule has 0 amide bonds. The number of nitrogens with two attached hydrogens (primary N) is 1. The Morgan fingerprint density at radius 1 is 1.44 bits per heavy atom. The molecule has 0 aliphatic carbocycles. The first-order chi connectivity index (χ1) is 7.49. The first-order valence-electron chi connectivity index (χ1n) is 5.06. The van der Waals surface area contributed by atoms with Crippen LogP contribution in [0.3, 0.4) is 0 Å². The van der Waals surface area contributed by atoms with E-state index in [2.05, 4.69) is 0 Å². The first kappa shape index (κ1) is 13.0. The second kappa shape index (κ2) is 5.32. The third-order valence-electron chi connectivity index (χ3n) is 2.31. The van der Waals surface area contributed by atoms with Gasteiger partial charge in [0.25, 0.3) is 0 Å². The Balaban J connectivity index is 2.98. The molecule has 1 rings (SSSR count). The van der Waals surface area contributed by atoms with Crippen molar-refractivity contribution in [1.82, 2.24) is 0 Å². The monoisotopic (exact) mass is 243 g/mol. The zero-order valence-electron chi connectivity index (χ0n) is 9.51. The average Bonchev–Trinajstić information content (AvgIpc) is 2.28. The third kappa shape index (κ3) is 3.21. The molecule has 0 aliphatic heterocycles. The van der Waals surface area contributed by atoms with Crippen LogP contribution >= 0.6 is 0 Å². The van der Waals surface area contributed by atoms with Crippen molar-refractivity contribution in [3.63, 3.8) is 0 Å². The van der Waals surface area contributed by atoms with Crippen molar-refractivity contribution < 1.29 is 13.2 Å². The summed E-state index contributed by atoms with van der Waals surface area (Å²) in [6.07, 6.45) is 0. The Hall–Kier alpha value is -1.07. The van der Waals surface area contributed by atoms with Gasteiger partial charge in [-0.15, -0.1) is 0 Å². The molecule has 0 radical (unpaired) electrons. The lowest BCUT2D eigenvalue weighted by Gasteiger charge is -2.10. The van der Waals surface area contributed by atoms with E-state index in [0.717, 1.165) is 0 Å². The number of hydrogen-bond acceptors (Lipinski definition) is 4. The maximum absolute atomic E-state index is 12.0. The van der Waals surface area contributed by atoms with Gasteiger partial charge >= 0.3 is 0 Å². The minimum atomic E-state index is -3.26. The highest BCUT2D eigenvalue weighted by Gasteiger charge is 2.18. The van der Waals surface area contributed by atoms with Gasteiger partial charge in [0, 0.05) is 0 Å². The Kier molecular flexibility index (Phi) is 4.32. The van der Waals surface area contributed by atoms with Gasteiger partial charge in [0.2, 0.25) is 0 Å². The van der Waals surface area contributed by atoms with Crippen LogP contribution in [0.25, 0.3) is 0 Å². The van der Waals surface area contributed by atoms with Crippen molar-refractivity contribution in [3.8, 4) is 5.75 Å². The van der Waals surface area contributed by atoms with Gasteiger partial charge in [0.05, 0.1) is 17.8 Å². The van der Waals surface area contributed by atoms with E-state index in [9.17, 15) is 8.42 Å². The van der Waals surface area contributed by atoms with Gasteiger partial charge in [0.15, 0.2) is 9.84 Å². The van der Waals surface area contributed by atoms with E-state index in [0.29, 0.717) is 12.3 Å². The van der Waals surface area contributed by atoms with Crippen molar-refractivity contribution in [2.75, 3.05) is 19.4 Å². The summed E-state index contributed by atoms with van der Waals surface area (Å²) in [5.41, 5.74) is 5.42. The second-order valence-corrected chi connectivity index (χ2v) is 5.84. The molecular weight excluding hydrogens is 226 g/mol. The molecule has 1 atom stereocenters. The Morgan fingerprint density at radius 3 is 2.69 bits per heavy atom. The summed E-state index contributed by atoms with van der Waals surface area (Å²) in [7, 11) is -1.76. The predicted octanol–water partition coefficient (Wildman–Crippen LogP) is 1.06. The van der Waals surface area contributed by atoms with Crippen LogP contribution in [-0.2, 0) is 9.84 Å². The molecule has 1 aromatic carbocycles. The smallest absolute Gasteiger partial charge is 0.178 e. The largest absolute Gasteiger partial charge is 0.497 e. The summed E-state index contributed by atoms with van der Waals surface area (Å²) in [4.78, 5) is 0.284. The molecule has 0 bridgehead atoms. The molecule has 2 N–H and O–H groups in total. The first-order valence-corrected chi connectivity index (χ1v) is 6.71. The SMILES string of the molecule is COc1cccc(S(=O)(=O)CC(C)CN)c1. The lowest BCUT2D eigenvalue weighted by atomic mass is 10.2. The lowest BCUT2D eigenvalue weighted by Crippen LogP contribution is -2.21. The van der Waals surface area contributed by atoms with Crippen LogP contribution in [0.1, 0.15) is 6.92 Å². The molecular formula is C11H17NO3S. The standard InChI is InChI=1S/C11H17NO3S/c1-9(7-12)8-16(13,14)11-5-3-4-10(6-11)15-2/h3-6,9H,7-8,12H2,1-2H3. The van der Waals surface area contributed by atoms with Crippen LogP contribution in [0.2, 0.25) is 0 Å². The van der Waals surface area contributed by atoms with E-state index in [1.807, 2.05) is 6.92 Å². The van der Waals surface area contributed by atoms with Gasteiger partial charge < -0.3 is 10.5 Å². The molecule has 1 aromatic rings. The molecule has 0 aliphatic rings. The molecule has 16 heavy (non-hydrogen) atoms. The van der Waals surface area contributed by atoms with Gasteiger partial charge in [-0.3, -0.25) is 0 Å². The molecule has 0 heterocycles. The zero-order chi connectivity index (χ0) is 12.2. The van der Waals surface area contributed by atoms with Crippen molar-refractivity contribution >= 4 is 9.84 Å². The highest BCUT2D eigenvalue weighted by Crippen LogP contribution is 2.19. The van der Waals surface area contributed by atoms with Gasteiger partial charge in [-0.2, -0.15) is 0 Å². The highest BCUT2D eigenvalue weighted by molar-refractivity contribution is 7.91. The molecule has 4 nitrogen and oxygen atoms in total. The second-order valence-electron chi connectivity index (χ2n) is 3.80. The normalized spacial score (nSPS) is 13.4. The Bertz CT molecular complexity index is 442.